The minimum atomic E-state index is -0.812. The number of aromatic nitrogens is 3. The highest BCUT2D eigenvalue weighted by molar-refractivity contribution is 6.14. The van der Waals surface area contributed by atoms with E-state index in [1.165, 1.54) is 20.4 Å². The van der Waals surface area contributed by atoms with Gasteiger partial charge in [0.1, 0.15) is 5.82 Å². The van der Waals surface area contributed by atoms with Crippen molar-refractivity contribution in [3.63, 3.8) is 0 Å². The van der Waals surface area contributed by atoms with Crippen molar-refractivity contribution in [1.29, 1.82) is 0 Å². The summed E-state index contributed by atoms with van der Waals surface area (Å²) in [5.74, 6) is -0.749. The molecule has 0 saturated carbocycles. The molecule has 0 saturated heterocycles. The van der Waals surface area contributed by atoms with Crippen LogP contribution in [0.1, 0.15) is 0 Å². The van der Waals surface area contributed by atoms with Gasteiger partial charge in [0.2, 0.25) is 0 Å². The van der Waals surface area contributed by atoms with Crippen LogP contribution in [0, 0.1) is 0 Å². The molecule has 0 aromatic carbocycles. The molecule has 0 fully saturated rings. The van der Waals surface area contributed by atoms with Gasteiger partial charge in [0.05, 0.1) is 14.2 Å². The molecule has 0 unspecified atom stereocenters. The van der Waals surface area contributed by atoms with E-state index in [0.29, 0.717) is 11.6 Å². The van der Waals surface area contributed by atoms with Gasteiger partial charge in [-0.2, -0.15) is 0 Å². The molecule has 0 bridgehead atoms. The quantitative estimate of drug-likeness (QED) is 0.380. The minimum Gasteiger partial charge on any atom is -0.465 e. The van der Waals surface area contributed by atoms with Crippen molar-refractivity contribution in [2.45, 2.75) is 0 Å². The first kappa shape index (κ1) is 16.1. The van der Waals surface area contributed by atoms with Crippen LogP contribution < -0.4 is 5.32 Å². The predicted octanol–water partition coefficient (Wildman–Crippen LogP) is 1.18. The van der Waals surface area contributed by atoms with Crippen molar-refractivity contribution in [3.8, 4) is 11.4 Å². The molecular formula is C15H14N4O4. The van der Waals surface area contributed by atoms with Gasteiger partial charge < -0.3 is 14.8 Å². The van der Waals surface area contributed by atoms with E-state index >= 15 is 0 Å². The Hall–Kier alpha value is -3.29. The first-order valence-electron chi connectivity index (χ1n) is 6.52. The number of esters is 2. The molecule has 2 heterocycles. The van der Waals surface area contributed by atoms with Crippen molar-refractivity contribution < 1.29 is 19.1 Å². The fourth-order valence-electron chi connectivity index (χ4n) is 1.65. The third-order valence-corrected chi connectivity index (χ3v) is 2.77. The number of ether oxygens (including phenoxy) is 2. The van der Waals surface area contributed by atoms with Gasteiger partial charge in [0, 0.05) is 30.4 Å². The molecule has 0 aliphatic rings. The zero-order valence-corrected chi connectivity index (χ0v) is 12.5. The highest BCUT2D eigenvalue weighted by Crippen LogP contribution is 2.15. The second kappa shape index (κ2) is 7.64. The molecule has 2 aromatic rings. The number of carbonyl (C=O) groups is 2. The lowest BCUT2D eigenvalue weighted by Gasteiger charge is -2.06. The van der Waals surface area contributed by atoms with Crippen LogP contribution in [0.2, 0.25) is 0 Å². The SMILES string of the molecule is COC(=O)C(=CNc1ccnc(-c2ccncc2)n1)C(=O)OC. The molecule has 2 aromatic heterocycles. The van der Waals surface area contributed by atoms with Crippen molar-refractivity contribution >= 4 is 17.8 Å². The number of hydrogen-bond donors (Lipinski definition) is 1. The second-order valence-corrected chi connectivity index (χ2v) is 4.19. The topological polar surface area (TPSA) is 103 Å². The highest BCUT2D eigenvalue weighted by Gasteiger charge is 2.19. The van der Waals surface area contributed by atoms with Crippen LogP contribution in [0.5, 0.6) is 0 Å². The van der Waals surface area contributed by atoms with Gasteiger partial charge in [-0.3, -0.25) is 4.98 Å². The van der Waals surface area contributed by atoms with Gasteiger partial charge in [-0.05, 0) is 18.2 Å². The van der Waals surface area contributed by atoms with Crippen LogP contribution in [-0.2, 0) is 19.1 Å². The maximum Gasteiger partial charge on any atom is 0.346 e. The number of rotatable bonds is 5. The van der Waals surface area contributed by atoms with Crippen molar-refractivity contribution in [2.75, 3.05) is 19.5 Å². The zero-order chi connectivity index (χ0) is 16.7. The smallest absolute Gasteiger partial charge is 0.346 e. The van der Waals surface area contributed by atoms with E-state index in [1.54, 1.807) is 36.8 Å². The van der Waals surface area contributed by atoms with E-state index in [1.807, 2.05) is 0 Å². The molecule has 0 spiro atoms. The number of hydrogen-bond acceptors (Lipinski definition) is 8. The molecule has 8 nitrogen and oxygen atoms in total. The van der Waals surface area contributed by atoms with Gasteiger partial charge in [-0.25, -0.2) is 19.6 Å². The molecule has 23 heavy (non-hydrogen) atoms. The number of nitrogens with zero attached hydrogens (tertiary/aromatic N) is 3. The number of nitrogens with one attached hydrogen (secondary N) is 1. The molecule has 8 heteroatoms. The van der Waals surface area contributed by atoms with E-state index in [0.717, 1.165) is 5.56 Å². The van der Waals surface area contributed by atoms with Gasteiger partial charge in [0.25, 0.3) is 0 Å². The van der Waals surface area contributed by atoms with E-state index in [4.69, 9.17) is 0 Å². The average molecular weight is 314 g/mol. The Labute approximate surface area is 132 Å². The van der Waals surface area contributed by atoms with Crippen molar-refractivity contribution in [1.82, 2.24) is 15.0 Å². The monoisotopic (exact) mass is 314 g/mol. The van der Waals surface area contributed by atoms with Crippen LogP contribution in [0.3, 0.4) is 0 Å². The summed E-state index contributed by atoms with van der Waals surface area (Å²) in [4.78, 5) is 35.5. The normalized spacial score (nSPS) is 9.65. The lowest BCUT2D eigenvalue weighted by Crippen LogP contribution is -2.17. The molecule has 0 amide bonds. The first-order chi connectivity index (χ1) is 11.2. The molecule has 0 aliphatic carbocycles. The Balaban J connectivity index is 2.24. The highest BCUT2D eigenvalue weighted by atomic mass is 16.5. The lowest BCUT2D eigenvalue weighted by molar-refractivity contribution is -0.144. The van der Waals surface area contributed by atoms with Gasteiger partial charge in [0.15, 0.2) is 11.4 Å². The standard InChI is InChI=1S/C15H14N4O4/c1-22-14(20)11(15(21)23-2)9-18-12-5-8-17-13(19-12)10-3-6-16-7-4-10/h3-9H,1-2H3,(H,17,18,19). The van der Waals surface area contributed by atoms with Crippen LogP contribution in [0.25, 0.3) is 11.4 Å². The fraction of sp³-hybridized carbons (Fsp3) is 0.133. The Kier molecular flexibility index (Phi) is 5.35. The number of carbonyl (C=O) groups excluding carboxylic acids is 2. The minimum absolute atomic E-state index is 0.279. The van der Waals surface area contributed by atoms with Crippen LogP contribution in [-0.4, -0.2) is 41.1 Å². The van der Waals surface area contributed by atoms with Crippen LogP contribution >= 0.6 is 0 Å². The van der Waals surface area contributed by atoms with E-state index in [-0.39, 0.29) is 5.57 Å². The summed E-state index contributed by atoms with van der Waals surface area (Å²) >= 11 is 0. The maximum atomic E-state index is 11.6. The lowest BCUT2D eigenvalue weighted by atomic mass is 10.2. The third-order valence-electron chi connectivity index (χ3n) is 2.77. The first-order valence-corrected chi connectivity index (χ1v) is 6.52. The summed E-state index contributed by atoms with van der Waals surface area (Å²) < 4.78 is 9.06. The predicted molar refractivity (Wildman–Crippen MR) is 81.0 cm³/mol. The van der Waals surface area contributed by atoms with Gasteiger partial charge >= 0.3 is 11.9 Å². The van der Waals surface area contributed by atoms with Gasteiger partial charge in [-0.15, -0.1) is 0 Å². The Morgan fingerprint density at radius 1 is 1.04 bits per heavy atom. The molecule has 0 aliphatic heterocycles. The van der Waals surface area contributed by atoms with Gasteiger partial charge in [-0.1, -0.05) is 0 Å². The van der Waals surface area contributed by atoms with Crippen LogP contribution in [0.15, 0.2) is 48.6 Å². The van der Waals surface area contributed by atoms with Crippen molar-refractivity contribution in [3.05, 3.63) is 48.6 Å². The van der Waals surface area contributed by atoms with Crippen molar-refractivity contribution in [2.24, 2.45) is 0 Å². The number of anilines is 1. The molecule has 2 rings (SSSR count). The summed E-state index contributed by atoms with van der Waals surface area (Å²) in [5, 5.41) is 2.75. The average Bonchev–Trinajstić information content (AvgIpc) is 2.62. The Morgan fingerprint density at radius 3 is 2.30 bits per heavy atom. The summed E-state index contributed by atoms with van der Waals surface area (Å²) in [6, 6.07) is 5.12. The van der Waals surface area contributed by atoms with E-state index < -0.39 is 11.9 Å². The number of pyridine rings is 1. The summed E-state index contributed by atoms with van der Waals surface area (Å²) in [6.45, 7) is 0. The summed E-state index contributed by atoms with van der Waals surface area (Å²) in [6.07, 6.45) is 5.99. The maximum absolute atomic E-state index is 11.6. The molecule has 0 radical (unpaired) electrons. The molecule has 118 valence electrons. The number of methoxy groups -OCH3 is 2. The fourth-order valence-corrected chi connectivity index (χ4v) is 1.65. The van der Waals surface area contributed by atoms with Crippen LogP contribution in [0.4, 0.5) is 5.82 Å². The Morgan fingerprint density at radius 2 is 1.70 bits per heavy atom. The molecule has 0 atom stereocenters. The zero-order valence-electron chi connectivity index (χ0n) is 12.5. The van der Waals surface area contributed by atoms with E-state index in [9.17, 15) is 9.59 Å². The second-order valence-electron chi connectivity index (χ2n) is 4.19. The third kappa shape index (κ3) is 4.10. The molecule has 1 N–H and O–H groups in total. The summed E-state index contributed by atoms with van der Waals surface area (Å²) in [7, 11) is 2.34. The van der Waals surface area contributed by atoms with E-state index in [2.05, 4.69) is 29.7 Å². The summed E-state index contributed by atoms with van der Waals surface area (Å²) in [5.41, 5.74) is 0.507. The largest absolute Gasteiger partial charge is 0.465 e. The Bertz CT molecular complexity index is 713. The molecular weight excluding hydrogens is 300 g/mol.